The van der Waals surface area contributed by atoms with E-state index in [2.05, 4.69) is 31.9 Å². The number of methoxy groups -OCH3 is 1. The number of carbonyl (C=O) groups excluding carboxylic acids is 1. The minimum atomic E-state index is -0.880. The van der Waals surface area contributed by atoms with Crippen molar-refractivity contribution in [3.63, 3.8) is 0 Å². The van der Waals surface area contributed by atoms with Crippen LogP contribution in [0.1, 0.15) is 29.7 Å². The number of thiazole rings is 1. The highest BCUT2D eigenvalue weighted by Crippen LogP contribution is 2.36. The topological polar surface area (TPSA) is 69.9 Å². The summed E-state index contributed by atoms with van der Waals surface area (Å²) < 4.78 is 28.3. The molecule has 10 heteroatoms. The molecule has 0 N–H and O–H groups in total. The van der Waals surface area contributed by atoms with Gasteiger partial charge < -0.3 is 9.47 Å². The second-order valence-corrected chi connectivity index (χ2v) is 11.3. The lowest BCUT2D eigenvalue weighted by atomic mass is 9.93. The summed E-state index contributed by atoms with van der Waals surface area (Å²) in [7, 11) is 1.55. The van der Waals surface area contributed by atoms with Gasteiger partial charge in [-0.3, -0.25) is 9.36 Å². The average molecular weight is 672 g/mol. The predicted molar refractivity (Wildman–Crippen MR) is 156 cm³/mol. The van der Waals surface area contributed by atoms with Crippen molar-refractivity contribution in [3.8, 4) is 5.75 Å². The van der Waals surface area contributed by atoms with Gasteiger partial charge in [-0.15, -0.1) is 0 Å². The molecular weight excluding hydrogens is 651 g/mol. The van der Waals surface area contributed by atoms with Gasteiger partial charge in [-0.2, -0.15) is 0 Å². The maximum atomic E-state index is 14.0. The lowest BCUT2D eigenvalue weighted by Gasteiger charge is -2.25. The predicted octanol–water partition coefficient (Wildman–Crippen LogP) is 5.61. The Hall–Kier alpha value is -3.34. The summed E-state index contributed by atoms with van der Waals surface area (Å²) in [4.78, 5) is 32.6. The lowest BCUT2D eigenvalue weighted by molar-refractivity contribution is -0.138. The quantitative estimate of drug-likeness (QED) is 0.250. The number of rotatable bonds is 6. The molecule has 0 radical (unpaired) electrons. The summed E-state index contributed by atoms with van der Waals surface area (Å²) in [6.07, 6.45) is 1.73. The molecule has 198 valence electrons. The van der Waals surface area contributed by atoms with Crippen molar-refractivity contribution in [2.24, 2.45) is 4.99 Å². The van der Waals surface area contributed by atoms with Crippen LogP contribution in [0.15, 0.2) is 91.0 Å². The molecule has 0 bridgehead atoms. The van der Waals surface area contributed by atoms with Crippen LogP contribution in [0.25, 0.3) is 11.8 Å². The zero-order chi connectivity index (χ0) is 27.7. The van der Waals surface area contributed by atoms with E-state index in [1.54, 1.807) is 32.2 Å². The van der Waals surface area contributed by atoms with Crippen molar-refractivity contribution in [1.29, 1.82) is 0 Å². The van der Waals surface area contributed by atoms with Crippen LogP contribution in [0.5, 0.6) is 5.75 Å². The number of halogens is 3. The number of aromatic nitrogens is 1. The second kappa shape index (κ2) is 11.4. The zero-order valence-electron chi connectivity index (χ0n) is 20.8. The number of fused-ring (bicyclic) bond motifs is 1. The van der Waals surface area contributed by atoms with E-state index in [1.807, 2.05) is 42.5 Å². The fourth-order valence-corrected chi connectivity index (χ4v) is 6.86. The van der Waals surface area contributed by atoms with Gasteiger partial charge in [-0.25, -0.2) is 14.2 Å². The molecule has 39 heavy (non-hydrogen) atoms. The van der Waals surface area contributed by atoms with Crippen molar-refractivity contribution in [3.05, 3.63) is 123 Å². The Bertz CT molecular complexity index is 1780. The first-order valence-corrected chi connectivity index (χ1v) is 14.3. The second-order valence-electron chi connectivity index (χ2n) is 8.49. The fourth-order valence-electron chi connectivity index (χ4n) is 4.44. The van der Waals surface area contributed by atoms with E-state index in [4.69, 9.17) is 14.5 Å². The molecule has 0 fully saturated rings. The fraction of sp³-hybridized carbons (Fsp3) is 0.138. The van der Waals surface area contributed by atoms with Crippen LogP contribution >= 0.6 is 43.2 Å². The summed E-state index contributed by atoms with van der Waals surface area (Å²) in [5.41, 5.74) is 2.19. The molecule has 0 amide bonds. The van der Waals surface area contributed by atoms with Gasteiger partial charge in [0.2, 0.25) is 0 Å². The molecule has 1 atom stereocenters. The van der Waals surface area contributed by atoms with Gasteiger partial charge in [-0.05, 0) is 58.8 Å². The van der Waals surface area contributed by atoms with Crippen molar-refractivity contribution in [1.82, 2.24) is 4.57 Å². The standard InChI is InChI=1S/C29H21Br2FN2O4S/c1-3-38-28(36)23-24(16-7-5-4-6-8-16)33-29-34(25(23)17-9-11-20(32)12-10-17)27(35)22(39-29)14-18-13-19(30)15-21(31)26(18)37-2/h4-15,25H,3H2,1-2H3/b22-14-/t25-/m1/s1. The van der Waals surface area contributed by atoms with Crippen LogP contribution in [-0.2, 0) is 9.53 Å². The normalized spacial score (nSPS) is 15.1. The third kappa shape index (κ3) is 5.28. The van der Waals surface area contributed by atoms with Crippen LogP contribution in [0.3, 0.4) is 0 Å². The molecule has 1 aliphatic rings. The smallest absolute Gasteiger partial charge is 0.338 e. The first-order chi connectivity index (χ1) is 18.8. The Kier molecular flexibility index (Phi) is 7.97. The molecule has 1 aromatic heterocycles. The highest BCUT2D eigenvalue weighted by Gasteiger charge is 2.35. The Balaban J connectivity index is 1.84. The Morgan fingerprint density at radius 3 is 2.51 bits per heavy atom. The molecule has 0 unspecified atom stereocenters. The highest BCUT2D eigenvalue weighted by atomic mass is 79.9. The first-order valence-electron chi connectivity index (χ1n) is 11.9. The van der Waals surface area contributed by atoms with E-state index in [0.29, 0.717) is 37.5 Å². The number of nitrogens with zero attached hydrogens (tertiary/aromatic N) is 2. The number of hydrogen-bond donors (Lipinski definition) is 0. The van der Waals surface area contributed by atoms with Crippen molar-refractivity contribution < 1.29 is 18.7 Å². The molecule has 5 rings (SSSR count). The SMILES string of the molecule is CCOC(=O)C1=C(c2ccccc2)N=c2s/c(=C\c3cc(Br)cc(Br)c3OC)c(=O)n2[C@@H]1c1ccc(F)cc1. The van der Waals surface area contributed by atoms with Crippen molar-refractivity contribution in [2.45, 2.75) is 13.0 Å². The molecule has 0 aliphatic carbocycles. The minimum absolute atomic E-state index is 0.141. The van der Waals surface area contributed by atoms with Gasteiger partial charge in [0, 0.05) is 15.6 Å². The van der Waals surface area contributed by atoms with Crippen molar-refractivity contribution >= 4 is 60.9 Å². The van der Waals surface area contributed by atoms with Crippen LogP contribution in [0, 0.1) is 5.82 Å². The summed E-state index contributed by atoms with van der Waals surface area (Å²) in [5.74, 6) is -0.457. The largest absolute Gasteiger partial charge is 0.495 e. The molecule has 1 aliphatic heterocycles. The maximum absolute atomic E-state index is 14.0. The molecule has 0 saturated carbocycles. The van der Waals surface area contributed by atoms with E-state index in [0.717, 1.165) is 8.95 Å². The molecule has 0 saturated heterocycles. The highest BCUT2D eigenvalue weighted by molar-refractivity contribution is 9.11. The number of carbonyl (C=O) groups is 1. The number of esters is 1. The Morgan fingerprint density at radius 1 is 1.13 bits per heavy atom. The van der Waals surface area contributed by atoms with E-state index in [1.165, 1.54) is 28.0 Å². The van der Waals surface area contributed by atoms with E-state index >= 15 is 0 Å². The third-order valence-electron chi connectivity index (χ3n) is 6.09. The summed E-state index contributed by atoms with van der Waals surface area (Å²) in [6.45, 7) is 1.86. The van der Waals surface area contributed by atoms with Crippen LogP contribution in [0.4, 0.5) is 4.39 Å². The molecule has 6 nitrogen and oxygen atoms in total. The van der Waals surface area contributed by atoms with Crippen LogP contribution in [0.2, 0.25) is 0 Å². The zero-order valence-corrected chi connectivity index (χ0v) is 24.8. The minimum Gasteiger partial charge on any atom is -0.495 e. The van der Waals surface area contributed by atoms with E-state index in [-0.39, 0.29) is 17.7 Å². The van der Waals surface area contributed by atoms with Crippen LogP contribution in [-0.4, -0.2) is 24.3 Å². The summed E-state index contributed by atoms with van der Waals surface area (Å²) in [6, 6.07) is 17.8. The van der Waals surface area contributed by atoms with Gasteiger partial charge in [-0.1, -0.05) is 69.7 Å². The monoisotopic (exact) mass is 670 g/mol. The Labute approximate surface area is 244 Å². The number of hydrogen-bond acceptors (Lipinski definition) is 6. The number of benzene rings is 3. The van der Waals surface area contributed by atoms with Crippen molar-refractivity contribution in [2.75, 3.05) is 13.7 Å². The van der Waals surface area contributed by atoms with E-state index in [9.17, 15) is 14.0 Å². The van der Waals surface area contributed by atoms with E-state index < -0.39 is 17.8 Å². The van der Waals surface area contributed by atoms with Gasteiger partial charge in [0.25, 0.3) is 5.56 Å². The number of ether oxygens (including phenoxy) is 2. The summed E-state index contributed by atoms with van der Waals surface area (Å²) in [5, 5.41) is 0. The van der Waals surface area contributed by atoms with Crippen LogP contribution < -0.4 is 19.6 Å². The van der Waals surface area contributed by atoms with Gasteiger partial charge in [0.15, 0.2) is 4.80 Å². The van der Waals surface area contributed by atoms with Gasteiger partial charge in [0.1, 0.15) is 11.6 Å². The van der Waals surface area contributed by atoms with Gasteiger partial charge >= 0.3 is 5.97 Å². The molecule has 3 aromatic carbocycles. The average Bonchev–Trinajstić information content (AvgIpc) is 3.23. The molecular formula is C29H21Br2FN2O4S. The lowest BCUT2D eigenvalue weighted by Crippen LogP contribution is -2.40. The summed E-state index contributed by atoms with van der Waals surface area (Å²) >= 11 is 8.19. The third-order valence-corrected chi connectivity index (χ3v) is 8.12. The molecule has 0 spiro atoms. The molecule has 4 aromatic rings. The Morgan fingerprint density at radius 2 is 1.85 bits per heavy atom. The first kappa shape index (κ1) is 27.2. The van der Waals surface area contributed by atoms with Gasteiger partial charge in [0.05, 0.1) is 40.0 Å². The molecule has 2 heterocycles. The maximum Gasteiger partial charge on any atom is 0.338 e.